The first-order chi connectivity index (χ1) is 9.46. The first-order valence-corrected chi connectivity index (χ1v) is 8.18. The maximum absolute atomic E-state index is 4.59. The van der Waals surface area contributed by atoms with Crippen LogP contribution in [0.5, 0.6) is 0 Å². The number of aromatic nitrogens is 2. The SMILES string of the molecule is CCc1cc(CC(CC)(CC)CNCC(C)C)n(C)n1. The summed E-state index contributed by atoms with van der Waals surface area (Å²) in [5, 5.41) is 8.25. The van der Waals surface area contributed by atoms with Crippen LogP contribution >= 0.6 is 0 Å². The van der Waals surface area contributed by atoms with Crippen LogP contribution in [0.4, 0.5) is 0 Å². The topological polar surface area (TPSA) is 29.9 Å². The number of hydrogen-bond donors (Lipinski definition) is 1. The van der Waals surface area contributed by atoms with Gasteiger partial charge >= 0.3 is 0 Å². The summed E-state index contributed by atoms with van der Waals surface area (Å²) >= 11 is 0. The monoisotopic (exact) mass is 279 g/mol. The minimum atomic E-state index is 0.355. The largest absolute Gasteiger partial charge is 0.316 e. The maximum atomic E-state index is 4.59. The van der Waals surface area contributed by atoms with E-state index < -0.39 is 0 Å². The first kappa shape index (κ1) is 17.2. The highest BCUT2D eigenvalue weighted by Crippen LogP contribution is 2.30. The molecule has 1 heterocycles. The summed E-state index contributed by atoms with van der Waals surface area (Å²) in [6.45, 7) is 13.5. The van der Waals surface area contributed by atoms with Crippen LogP contribution in [0.2, 0.25) is 0 Å². The minimum absolute atomic E-state index is 0.355. The third-order valence-electron chi connectivity index (χ3n) is 4.50. The van der Waals surface area contributed by atoms with Crippen molar-refractivity contribution < 1.29 is 0 Å². The van der Waals surface area contributed by atoms with Crippen LogP contribution in [-0.4, -0.2) is 22.9 Å². The molecule has 1 N–H and O–H groups in total. The van der Waals surface area contributed by atoms with E-state index in [1.165, 1.54) is 24.2 Å². The number of hydrogen-bond acceptors (Lipinski definition) is 2. The van der Waals surface area contributed by atoms with Crippen LogP contribution in [0.25, 0.3) is 0 Å². The van der Waals surface area contributed by atoms with Crippen molar-refractivity contribution in [2.24, 2.45) is 18.4 Å². The van der Waals surface area contributed by atoms with Crippen LogP contribution in [0.15, 0.2) is 6.07 Å². The van der Waals surface area contributed by atoms with E-state index in [9.17, 15) is 0 Å². The van der Waals surface area contributed by atoms with Gasteiger partial charge in [-0.3, -0.25) is 4.68 Å². The van der Waals surface area contributed by atoms with E-state index in [1.807, 2.05) is 0 Å². The van der Waals surface area contributed by atoms with Crippen LogP contribution in [0.1, 0.15) is 58.8 Å². The Morgan fingerprint density at radius 3 is 2.35 bits per heavy atom. The number of rotatable bonds is 9. The van der Waals surface area contributed by atoms with Crippen LogP contribution in [0.3, 0.4) is 0 Å². The van der Waals surface area contributed by atoms with Gasteiger partial charge in [0.05, 0.1) is 5.69 Å². The number of aryl methyl sites for hydroxylation is 2. The summed E-state index contributed by atoms with van der Waals surface area (Å²) in [4.78, 5) is 0. The average Bonchev–Trinajstić information content (AvgIpc) is 2.77. The molecule has 1 aromatic rings. The third-order valence-corrected chi connectivity index (χ3v) is 4.50. The molecule has 0 aliphatic carbocycles. The highest BCUT2D eigenvalue weighted by atomic mass is 15.3. The lowest BCUT2D eigenvalue weighted by molar-refractivity contribution is 0.238. The zero-order chi connectivity index (χ0) is 15.2. The number of nitrogens with zero attached hydrogens (tertiary/aromatic N) is 2. The van der Waals surface area contributed by atoms with Gasteiger partial charge in [-0.2, -0.15) is 5.10 Å². The molecule has 0 saturated heterocycles. The van der Waals surface area contributed by atoms with Crippen LogP contribution in [-0.2, 0) is 19.9 Å². The van der Waals surface area contributed by atoms with E-state index >= 15 is 0 Å². The van der Waals surface area contributed by atoms with Crippen molar-refractivity contribution >= 4 is 0 Å². The summed E-state index contributed by atoms with van der Waals surface area (Å²) in [6.07, 6.45) is 4.56. The smallest absolute Gasteiger partial charge is 0.0624 e. The van der Waals surface area contributed by atoms with Gasteiger partial charge in [0.15, 0.2) is 0 Å². The Hall–Kier alpha value is -0.830. The van der Waals surface area contributed by atoms with E-state index in [0.717, 1.165) is 25.9 Å². The summed E-state index contributed by atoms with van der Waals surface area (Å²) < 4.78 is 2.07. The molecule has 0 fully saturated rings. The Bertz CT molecular complexity index is 389. The van der Waals surface area contributed by atoms with Gasteiger partial charge in [0.1, 0.15) is 0 Å². The molecule has 0 bridgehead atoms. The van der Waals surface area contributed by atoms with E-state index in [2.05, 4.69) is 62.8 Å². The molecule has 116 valence electrons. The van der Waals surface area contributed by atoms with Gasteiger partial charge in [-0.1, -0.05) is 34.6 Å². The fourth-order valence-corrected chi connectivity index (χ4v) is 2.73. The second kappa shape index (κ2) is 7.82. The van der Waals surface area contributed by atoms with Gasteiger partial charge in [0.2, 0.25) is 0 Å². The predicted molar refractivity (Wildman–Crippen MR) is 87.0 cm³/mol. The summed E-state index contributed by atoms with van der Waals surface area (Å²) in [5.74, 6) is 0.713. The molecule has 0 radical (unpaired) electrons. The zero-order valence-electron chi connectivity index (χ0n) is 14.3. The maximum Gasteiger partial charge on any atom is 0.0624 e. The van der Waals surface area contributed by atoms with Crippen LogP contribution in [0, 0.1) is 11.3 Å². The lowest BCUT2D eigenvalue weighted by Crippen LogP contribution is -2.37. The zero-order valence-corrected chi connectivity index (χ0v) is 14.3. The third kappa shape index (κ3) is 4.62. The Morgan fingerprint density at radius 2 is 1.90 bits per heavy atom. The van der Waals surface area contributed by atoms with Gasteiger partial charge in [0.25, 0.3) is 0 Å². The van der Waals surface area contributed by atoms with E-state index in [0.29, 0.717) is 11.3 Å². The molecular formula is C17H33N3. The van der Waals surface area contributed by atoms with Crippen molar-refractivity contribution in [3.63, 3.8) is 0 Å². The van der Waals surface area contributed by atoms with Crippen molar-refractivity contribution in [3.8, 4) is 0 Å². The quantitative estimate of drug-likeness (QED) is 0.749. The molecule has 0 atom stereocenters. The van der Waals surface area contributed by atoms with Crippen LogP contribution < -0.4 is 5.32 Å². The average molecular weight is 279 g/mol. The van der Waals surface area contributed by atoms with E-state index in [1.54, 1.807) is 0 Å². The standard InChI is InChI=1S/C17H33N3/c1-7-15-10-16(20(6)19-15)11-17(8-2,9-3)13-18-12-14(4)5/h10,14,18H,7-9,11-13H2,1-6H3. The lowest BCUT2D eigenvalue weighted by atomic mass is 9.78. The van der Waals surface area contributed by atoms with E-state index in [4.69, 9.17) is 0 Å². The van der Waals surface area contributed by atoms with E-state index in [-0.39, 0.29) is 0 Å². The second-order valence-corrected chi connectivity index (χ2v) is 6.51. The normalized spacial score (nSPS) is 12.3. The Labute approximate surface area is 125 Å². The fraction of sp³-hybridized carbons (Fsp3) is 0.824. The Kier molecular flexibility index (Phi) is 6.74. The van der Waals surface area contributed by atoms with Crippen molar-refractivity contribution in [1.82, 2.24) is 15.1 Å². The molecule has 0 saturated carbocycles. The summed E-state index contributed by atoms with van der Waals surface area (Å²) in [7, 11) is 2.08. The molecule has 0 spiro atoms. The fourth-order valence-electron chi connectivity index (χ4n) is 2.73. The molecule has 0 aromatic carbocycles. The summed E-state index contributed by atoms with van der Waals surface area (Å²) in [6, 6.07) is 2.28. The highest BCUT2D eigenvalue weighted by molar-refractivity contribution is 5.12. The van der Waals surface area contributed by atoms with Crippen molar-refractivity contribution in [1.29, 1.82) is 0 Å². The predicted octanol–water partition coefficient (Wildman–Crippen LogP) is 3.58. The molecule has 1 rings (SSSR count). The molecule has 1 aromatic heterocycles. The lowest BCUT2D eigenvalue weighted by Gasteiger charge is -2.32. The minimum Gasteiger partial charge on any atom is -0.316 e. The van der Waals surface area contributed by atoms with Gasteiger partial charge < -0.3 is 5.32 Å². The number of nitrogens with one attached hydrogen (secondary N) is 1. The van der Waals surface area contributed by atoms with Crippen molar-refractivity contribution in [2.45, 2.75) is 60.3 Å². The Balaban J connectivity index is 2.76. The second-order valence-electron chi connectivity index (χ2n) is 6.51. The first-order valence-electron chi connectivity index (χ1n) is 8.18. The molecule has 0 aliphatic heterocycles. The highest BCUT2D eigenvalue weighted by Gasteiger charge is 2.27. The Morgan fingerprint density at radius 1 is 1.25 bits per heavy atom. The van der Waals surface area contributed by atoms with Gasteiger partial charge in [0, 0.05) is 19.3 Å². The van der Waals surface area contributed by atoms with Crippen molar-refractivity contribution in [3.05, 3.63) is 17.5 Å². The van der Waals surface area contributed by atoms with Gasteiger partial charge in [-0.25, -0.2) is 0 Å². The summed E-state index contributed by atoms with van der Waals surface area (Å²) in [5.41, 5.74) is 2.93. The molecule has 3 nitrogen and oxygen atoms in total. The molecule has 0 unspecified atom stereocenters. The van der Waals surface area contributed by atoms with Gasteiger partial charge in [-0.15, -0.1) is 0 Å². The molecule has 20 heavy (non-hydrogen) atoms. The molecule has 0 amide bonds. The molecule has 3 heteroatoms. The van der Waals surface area contributed by atoms with Crippen molar-refractivity contribution in [2.75, 3.05) is 13.1 Å². The molecular weight excluding hydrogens is 246 g/mol. The van der Waals surface area contributed by atoms with Gasteiger partial charge in [-0.05, 0) is 49.6 Å². The molecule has 0 aliphatic rings.